The van der Waals surface area contributed by atoms with Gasteiger partial charge in [0.25, 0.3) is 5.56 Å². The molecule has 0 spiro atoms. The zero-order chi connectivity index (χ0) is 15.2. The zero-order valence-corrected chi connectivity index (χ0v) is 13.0. The first-order valence-corrected chi connectivity index (χ1v) is 8.14. The van der Waals surface area contributed by atoms with Gasteiger partial charge in [-0.3, -0.25) is 9.59 Å². The molecule has 1 aliphatic rings. The molecule has 0 amide bonds. The van der Waals surface area contributed by atoms with Gasteiger partial charge in [-0.05, 0) is 45.3 Å². The third-order valence-corrected chi connectivity index (χ3v) is 4.77. The molecule has 1 aromatic rings. The summed E-state index contributed by atoms with van der Waals surface area (Å²) >= 11 is 1.10. The van der Waals surface area contributed by atoms with Crippen molar-refractivity contribution in [3.63, 3.8) is 0 Å². The summed E-state index contributed by atoms with van der Waals surface area (Å²) in [5.74, 6) is -0.289. The van der Waals surface area contributed by atoms with Crippen LogP contribution in [0.15, 0.2) is 22.2 Å². The predicted octanol–water partition coefficient (Wildman–Crippen LogP) is 1.15. The van der Waals surface area contributed by atoms with E-state index in [0.29, 0.717) is 11.1 Å². The summed E-state index contributed by atoms with van der Waals surface area (Å²) in [4.78, 5) is 28.3. The molecule has 0 unspecified atom stereocenters. The van der Waals surface area contributed by atoms with Gasteiger partial charge in [0.05, 0.1) is 5.75 Å². The van der Waals surface area contributed by atoms with Crippen LogP contribution in [0.3, 0.4) is 0 Å². The van der Waals surface area contributed by atoms with E-state index in [0.717, 1.165) is 37.8 Å². The Kier molecular flexibility index (Phi) is 5.81. The summed E-state index contributed by atoms with van der Waals surface area (Å²) in [6.07, 6.45) is 5.15. The van der Waals surface area contributed by atoms with E-state index in [1.165, 1.54) is 18.9 Å². The minimum Gasteiger partial charge on any atom is -0.481 e. The van der Waals surface area contributed by atoms with Gasteiger partial charge in [-0.15, -0.1) is 0 Å². The number of thioether (sulfide) groups is 1. The maximum Gasteiger partial charge on any atom is 0.313 e. The fourth-order valence-electron chi connectivity index (χ4n) is 2.50. The Bertz CT molecular complexity index is 539. The lowest BCUT2D eigenvalue weighted by Crippen LogP contribution is -2.30. The van der Waals surface area contributed by atoms with Crippen LogP contribution in [-0.2, 0) is 11.3 Å². The van der Waals surface area contributed by atoms with Crippen LogP contribution < -0.4 is 5.56 Å². The molecule has 1 fully saturated rings. The van der Waals surface area contributed by atoms with Crippen LogP contribution in [0, 0.1) is 5.92 Å². The summed E-state index contributed by atoms with van der Waals surface area (Å²) < 4.78 is 1.90. The molecule has 0 atom stereocenters. The van der Waals surface area contributed by atoms with Crippen LogP contribution in [0.5, 0.6) is 0 Å². The number of carbonyl (C=O) groups is 1. The highest BCUT2D eigenvalue weighted by molar-refractivity contribution is 7.99. The first-order valence-electron chi connectivity index (χ1n) is 7.15. The second-order valence-corrected chi connectivity index (χ2v) is 6.40. The molecule has 0 radical (unpaired) electrons. The van der Waals surface area contributed by atoms with Crippen molar-refractivity contribution in [3.8, 4) is 0 Å². The number of aromatic nitrogens is 2. The molecule has 1 aliphatic heterocycles. The van der Waals surface area contributed by atoms with Crippen LogP contribution in [0.2, 0.25) is 0 Å². The van der Waals surface area contributed by atoms with Crippen LogP contribution in [0.4, 0.5) is 0 Å². The lowest BCUT2D eigenvalue weighted by molar-refractivity contribution is -0.133. The Labute approximate surface area is 128 Å². The Balaban J connectivity index is 1.95. The highest BCUT2D eigenvalue weighted by Crippen LogP contribution is 2.21. The monoisotopic (exact) mass is 311 g/mol. The number of carboxylic acids is 1. The van der Waals surface area contributed by atoms with Crippen molar-refractivity contribution in [2.75, 3.05) is 25.9 Å². The SMILES string of the molecule is CN1CCC(CCn2ccc(=O)nc2SCC(=O)O)CC1. The van der Waals surface area contributed by atoms with Gasteiger partial charge in [0.15, 0.2) is 5.16 Å². The molecule has 0 bridgehead atoms. The molecule has 0 saturated carbocycles. The van der Waals surface area contributed by atoms with Gasteiger partial charge in [0, 0.05) is 18.8 Å². The Morgan fingerprint density at radius 2 is 2.19 bits per heavy atom. The van der Waals surface area contributed by atoms with Gasteiger partial charge in [0.1, 0.15) is 0 Å². The van der Waals surface area contributed by atoms with E-state index in [4.69, 9.17) is 5.11 Å². The molecule has 0 aromatic carbocycles. The quantitative estimate of drug-likeness (QED) is 0.627. The van der Waals surface area contributed by atoms with Gasteiger partial charge in [-0.1, -0.05) is 11.8 Å². The van der Waals surface area contributed by atoms with Gasteiger partial charge < -0.3 is 14.6 Å². The van der Waals surface area contributed by atoms with Crippen molar-refractivity contribution >= 4 is 17.7 Å². The van der Waals surface area contributed by atoms with Crippen molar-refractivity contribution in [1.82, 2.24) is 14.5 Å². The number of aryl methyl sites for hydroxylation is 1. The molecule has 6 nitrogen and oxygen atoms in total. The topological polar surface area (TPSA) is 75.4 Å². The van der Waals surface area contributed by atoms with Crippen molar-refractivity contribution in [3.05, 3.63) is 22.6 Å². The van der Waals surface area contributed by atoms with Crippen LogP contribution in [0.25, 0.3) is 0 Å². The maximum absolute atomic E-state index is 11.3. The van der Waals surface area contributed by atoms with Crippen LogP contribution in [0.1, 0.15) is 19.3 Å². The van der Waals surface area contributed by atoms with E-state index in [1.807, 2.05) is 4.57 Å². The minimum absolute atomic E-state index is 0.0787. The lowest BCUT2D eigenvalue weighted by atomic mass is 9.94. The van der Waals surface area contributed by atoms with Crippen molar-refractivity contribution in [2.45, 2.75) is 31.0 Å². The van der Waals surface area contributed by atoms with Crippen molar-refractivity contribution in [1.29, 1.82) is 0 Å². The predicted molar refractivity (Wildman–Crippen MR) is 81.7 cm³/mol. The van der Waals surface area contributed by atoms with E-state index < -0.39 is 5.97 Å². The molecular formula is C14H21N3O3S. The highest BCUT2D eigenvalue weighted by atomic mass is 32.2. The summed E-state index contributed by atoms with van der Waals surface area (Å²) in [6.45, 7) is 3.05. The fourth-order valence-corrected chi connectivity index (χ4v) is 3.22. The Hall–Kier alpha value is -1.34. The molecule has 21 heavy (non-hydrogen) atoms. The molecule has 1 N–H and O–H groups in total. The first-order chi connectivity index (χ1) is 10.0. The first kappa shape index (κ1) is 16.0. The van der Waals surface area contributed by atoms with E-state index in [-0.39, 0.29) is 11.3 Å². The van der Waals surface area contributed by atoms with E-state index >= 15 is 0 Å². The molecule has 1 aromatic heterocycles. The number of piperidine rings is 1. The number of hydrogen-bond donors (Lipinski definition) is 1. The number of nitrogens with zero attached hydrogens (tertiary/aromatic N) is 3. The van der Waals surface area contributed by atoms with E-state index in [1.54, 1.807) is 6.20 Å². The Morgan fingerprint density at radius 3 is 2.86 bits per heavy atom. The normalized spacial score (nSPS) is 17.0. The molecule has 2 rings (SSSR count). The lowest BCUT2D eigenvalue weighted by Gasteiger charge is -2.29. The number of hydrogen-bond acceptors (Lipinski definition) is 5. The van der Waals surface area contributed by atoms with Gasteiger partial charge in [-0.25, -0.2) is 0 Å². The van der Waals surface area contributed by atoms with Crippen LogP contribution >= 0.6 is 11.8 Å². The second kappa shape index (κ2) is 7.61. The Morgan fingerprint density at radius 1 is 1.48 bits per heavy atom. The van der Waals surface area contributed by atoms with Gasteiger partial charge >= 0.3 is 5.97 Å². The molecule has 0 aliphatic carbocycles. The zero-order valence-electron chi connectivity index (χ0n) is 12.2. The maximum atomic E-state index is 11.3. The van der Waals surface area contributed by atoms with Crippen LogP contribution in [-0.4, -0.2) is 51.4 Å². The summed E-state index contributed by atoms with van der Waals surface area (Å²) in [5, 5.41) is 9.25. The highest BCUT2D eigenvalue weighted by Gasteiger charge is 2.17. The van der Waals surface area contributed by atoms with Gasteiger partial charge in [-0.2, -0.15) is 4.98 Å². The van der Waals surface area contributed by atoms with E-state index in [9.17, 15) is 9.59 Å². The fraction of sp³-hybridized carbons (Fsp3) is 0.643. The molecular weight excluding hydrogens is 290 g/mol. The number of rotatable bonds is 6. The standard InChI is InChI=1S/C14H21N3O3S/c1-16-6-2-11(3-7-16)4-8-17-9-5-12(18)15-14(17)21-10-13(19)20/h5,9,11H,2-4,6-8,10H2,1H3,(H,19,20). The van der Waals surface area contributed by atoms with Crippen molar-refractivity contribution < 1.29 is 9.90 Å². The number of likely N-dealkylation sites (tertiary alicyclic amines) is 1. The molecule has 116 valence electrons. The molecule has 7 heteroatoms. The van der Waals surface area contributed by atoms with Crippen molar-refractivity contribution in [2.24, 2.45) is 5.92 Å². The van der Waals surface area contributed by atoms with E-state index in [2.05, 4.69) is 16.9 Å². The third-order valence-electron chi connectivity index (χ3n) is 3.79. The number of aliphatic carboxylic acids is 1. The third kappa shape index (κ3) is 5.17. The minimum atomic E-state index is -0.903. The second-order valence-electron chi connectivity index (χ2n) is 5.46. The molecule has 2 heterocycles. The molecule has 1 saturated heterocycles. The average molecular weight is 311 g/mol. The largest absolute Gasteiger partial charge is 0.481 e. The average Bonchev–Trinajstić information content (AvgIpc) is 2.45. The summed E-state index contributed by atoms with van der Waals surface area (Å²) in [6, 6.07) is 1.43. The van der Waals surface area contributed by atoms with Gasteiger partial charge in [0.2, 0.25) is 0 Å². The smallest absolute Gasteiger partial charge is 0.313 e. The summed E-state index contributed by atoms with van der Waals surface area (Å²) in [7, 11) is 2.14. The number of carboxylic acid groups (broad SMARTS) is 1. The summed E-state index contributed by atoms with van der Waals surface area (Å²) in [5.41, 5.74) is -0.321.